The molecule has 7 heteroatoms. The van der Waals surface area contributed by atoms with E-state index in [1.54, 1.807) is 12.0 Å². The molecule has 0 aromatic heterocycles. The maximum Gasteiger partial charge on any atom is 0.259 e. The van der Waals surface area contributed by atoms with Gasteiger partial charge in [0.1, 0.15) is 22.9 Å². The van der Waals surface area contributed by atoms with E-state index < -0.39 is 23.1 Å². The van der Waals surface area contributed by atoms with Gasteiger partial charge in [0.2, 0.25) is 0 Å². The predicted molar refractivity (Wildman–Crippen MR) is 111 cm³/mol. The second kappa shape index (κ2) is 7.15. The number of ether oxygens (including phenoxy) is 1. The Morgan fingerprint density at radius 2 is 1.87 bits per heavy atom. The molecule has 5 rings (SSSR count). The van der Waals surface area contributed by atoms with E-state index in [4.69, 9.17) is 4.74 Å². The number of hydrogen-bond donors (Lipinski definition) is 1. The lowest BCUT2D eigenvalue weighted by Crippen LogP contribution is -2.63. The first kappa shape index (κ1) is 19.2. The molecule has 0 bridgehead atoms. The topological polar surface area (TPSA) is 44.8 Å². The normalized spacial score (nSPS) is 21.8. The molecule has 1 amide bonds. The third-order valence-electron chi connectivity index (χ3n) is 6.91. The van der Waals surface area contributed by atoms with Crippen LogP contribution in [0.5, 0.6) is 5.75 Å². The van der Waals surface area contributed by atoms with Crippen molar-refractivity contribution < 1.29 is 18.3 Å². The van der Waals surface area contributed by atoms with Gasteiger partial charge in [0.05, 0.1) is 30.1 Å². The molecule has 5 nitrogen and oxygen atoms in total. The van der Waals surface area contributed by atoms with E-state index in [1.807, 2.05) is 12.1 Å². The molecule has 30 heavy (non-hydrogen) atoms. The Morgan fingerprint density at radius 3 is 2.57 bits per heavy atom. The number of benzene rings is 2. The number of amides is 1. The van der Waals surface area contributed by atoms with Gasteiger partial charge in [-0.2, -0.15) is 0 Å². The largest absolute Gasteiger partial charge is 0.497 e. The third kappa shape index (κ3) is 2.90. The Balaban J connectivity index is 1.40. The van der Waals surface area contributed by atoms with Gasteiger partial charge in [-0.15, -0.1) is 0 Å². The predicted octanol–water partition coefficient (Wildman–Crippen LogP) is 4.04. The highest BCUT2D eigenvalue weighted by Gasteiger charge is 2.50. The molecule has 3 aliphatic rings. The Labute approximate surface area is 174 Å². The average molecular weight is 413 g/mol. The number of rotatable bonds is 2. The van der Waals surface area contributed by atoms with Gasteiger partial charge in [0, 0.05) is 25.7 Å². The minimum absolute atomic E-state index is 0.166. The van der Waals surface area contributed by atoms with E-state index in [0.717, 1.165) is 55.8 Å². The molecule has 2 aromatic carbocycles. The van der Waals surface area contributed by atoms with Crippen LogP contribution in [0, 0.1) is 11.6 Å². The zero-order chi connectivity index (χ0) is 20.9. The van der Waals surface area contributed by atoms with Crippen molar-refractivity contribution in [1.82, 2.24) is 4.90 Å². The highest BCUT2D eigenvalue weighted by molar-refractivity contribution is 5.95. The van der Waals surface area contributed by atoms with Gasteiger partial charge in [-0.3, -0.25) is 4.79 Å². The number of fused-ring (bicyclic) bond motifs is 4. The van der Waals surface area contributed by atoms with E-state index in [0.29, 0.717) is 19.1 Å². The average Bonchev–Trinajstić information content (AvgIpc) is 3.25. The Morgan fingerprint density at radius 1 is 1.13 bits per heavy atom. The molecule has 1 atom stereocenters. The molecule has 2 aromatic rings. The minimum Gasteiger partial charge on any atom is -0.497 e. The number of piperidine rings is 1. The van der Waals surface area contributed by atoms with Crippen LogP contribution in [0.15, 0.2) is 36.4 Å². The summed E-state index contributed by atoms with van der Waals surface area (Å²) in [4.78, 5) is 16.9. The van der Waals surface area contributed by atoms with Gasteiger partial charge in [-0.25, -0.2) is 8.78 Å². The van der Waals surface area contributed by atoms with Crippen LogP contribution < -0.4 is 15.0 Å². The summed E-state index contributed by atoms with van der Waals surface area (Å²) < 4.78 is 33.6. The van der Waals surface area contributed by atoms with Crippen molar-refractivity contribution in [2.75, 3.05) is 37.0 Å². The van der Waals surface area contributed by atoms with E-state index in [-0.39, 0.29) is 5.54 Å². The van der Waals surface area contributed by atoms with Gasteiger partial charge in [0.25, 0.3) is 5.91 Å². The number of nitrogens with zero attached hydrogens (tertiary/aromatic N) is 2. The molecule has 2 saturated heterocycles. The highest BCUT2D eigenvalue weighted by Crippen LogP contribution is 2.47. The number of nitrogens with one attached hydrogen (secondary N) is 1. The number of hydrogen-bond acceptors (Lipinski definition) is 4. The lowest BCUT2D eigenvalue weighted by molar-refractivity contribution is 0.0656. The lowest BCUT2D eigenvalue weighted by Gasteiger charge is -2.53. The maximum absolute atomic E-state index is 14.1. The molecule has 1 spiro atoms. The number of methoxy groups -OCH3 is 1. The minimum atomic E-state index is -0.806. The number of halogens is 2. The van der Waals surface area contributed by atoms with Crippen LogP contribution in [0.2, 0.25) is 0 Å². The van der Waals surface area contributed by atoms with Crippen molar-refractivity contribution in [1.29, 1.82) is 0 Å². The first-order valence-corrected chi connectivity index (χ1v) is 10.5. The summed E-state index contributed by atoms with van der Waals surface area (Å²) >= 11 is 0. The van der Waals surface area contributed by atoms with Crippen LogP contribution >= 0.6 is 0 Å². The smallest absolute Gasteiger partial charge is 0.259 e. The number of likely N-dealkylation sites (tertiary alicyclic amines) is 1. The first-order chi connectivity index (χ1) is 14.5. The Hall–Kier alpha value is -2.83. The standard InChI is InChI=1S/C23H25F2N3O2/c1-30-15-7-8-19-18(14-15)26-23(20-6-3-11-28(19)20)9-12-27(13-10-23)22(29)21-16(24)4-2-5-17(21)25/h2,4-5,7-8,14,20,26H,3,6,9-13H2,1H3. The fraction of sp³-hybridized carbons (Fsp3) is 0.435. The molecular weight excluding hydrogens is 388 g/mol. The van der Waals surface area contributed by atoms with Crippen molar-refractivity contribution in [2.45, 2.75) is 37.3 Å². The molecule has 1 unspecified atom stereocenters. The maximum atomic E-state index is 14.1. The van der Waals surface area contributed by atoms with Crippen LogP contribution in [0.4, 0.5) is 20.2 Å². The molecular formula is C23H25F2N3O2. The van der Waals surface area contributed by atoms with Gasteiger partial charge >= 0.3 is 0 Å². The van der Waals surface area contributed by atoms with Crippen molar-refractivity contribution in [3.05, 3.63) is 53.6 Å². The van der Waals surface area contributed by atoms with Crippen molar-refractivity contribution >= 4 is 17.3 Å². The van der Waals surface area contributed by atoms with E-state index in [2.05, 4.69) is 16.3 Å². The summed E-state index contributed by atoms with van der Waals surface area (Å²) in [5.41, 5.74) is 1.62. The van der Waals surface area contributed by atoms with Crippen LogP contribution in [-0.4, -0.2) is 49.1 Å². The van der Waals surface area contributed by atoms with Crippen molar-refractivity contribution in [3.63, 3.8) is 0 Å². The zero-order valence-electron chi connectivity index (χ0n) is 17.0. The fourth-order valence-corrected chi connectivity index (χ4v) is 5.40. The molecule has 0 saturated carbocycles. The summed E-state index contributed by atoms with van der Waals surface area (Å²) in [5.74, 6) is -1.38. The van der Waals surface area contributed by atoms with Crippen LogP contribution in [0.25, 0.3) is 0 Å². The van der Waals surface area contributed by atoms with Gasteiger partial charge in [-0.1, -0.05) is 6.07 Å². The SMILES string of the molecule is COc1ccc2c(c1)NC1(CCN(C(=O)c3c(F)cccc3F)CC1)C1CCCN21. The Kier molecular flexibility index (Phi) is 4.56. The molecule has 3 aliphatic heterocycles. The first-order valence-electron chi connectivity index (χ1n) is 10.5. The molecule has 3 heterocycles. The highest BCUT2D eigenvalue weighted by atomic mass is 19.1. The second-order valence-corrected chi connectivity index (χ2v) is 8.40. The number of anilines is 2. The molecule has 2 fully saturated rings. The van der Waals surface area contributed by atoms with E-state index >= 15 is 0 Å². The van der Waals surface area contributed by atoms with Crippen LogP contribution in [-0.2, 0) is 0 Å². The third-order valence-corrected chi connectivity index (χ3v) is 6.91. The van der Waals surface area contributed by atoms with Gasteiger partial charge < -0.3 is 19.9 Å². The number of carbonyl (C=O) groups is 1. The monoisotopic (exact) mass is 413 g/mol. The van der Waals surface area contributed by atoms with Gasteiger partial charge in [-0.05, 0) is 49.9 Å². The molecule has 1 N–H and O–H groups in total. The van der Waals surface area contributed by atoms with Crippen LogP contribution in [0.3, 0.4) is 0 Å². The van der Waals surface area contributed by atoms with Crippen molar-refractivity contribution in [3.8, 4) is 5.75 Å². The van der Waals surface area contributed by atoms with Gasteiger partial charge in [0.15, 0.2) is 0 Å². The zero-order valence-corrected chi connectivity index (χ0v) is 17.0. The molecule has 0 radical (unpaired) electrons. The summed E-state index contributed by atoms with van der Waals surface area (Å²) in [7, 11) is 1.66. The quantitative estimate of drug-likeness (QED) is 0.807. The summed E-state index contributed by atoms with van der Waals surface area (Å²) in [6.45, 7) is 1.93. The summed E-state index contributed by atoms with van der Waals surface area (Å²) in [6, 6.07) is 10.00. The second-order valence-electron chi connectivity index (χ2n) is 8.40. The summed E-state index contributed by atoms with van der Waals surface area (Å²) in [6.07, 6.45) is 3.68. The lowest BCUT2D eigenvalue weighted by atomic mass is 9.77. The fourth-order valence-electron chi connectivity index (χ4n) is 5.40. The van der Waals surface area contributed by atoms with Crippen molar-refractivity contribution in [2.24, 2.45) is 0 Å². The molecule has 0 aliphatic carbocycles. The van der Waals surface area contributed by atoms with E-state index in [9.17, 15) is 13.6 Å². The molecule has 158 valence electrons. The van der Waals surface area contributed by atoms with Crippen LogP contribution in [0.1, 0.15) is 36.0 Å². The number of carbonyl (C=O) groups excluding carboxylic acids is 1. The summed E-state index contributed by atoms with van der Waals surface area (Å²) in [5, 5.41) is 3.77. The van der Waals surface area contributed by atoms with E-state index in [1.165, 1.54) is 11.8 Å². The Bertz CT molecular complexity index is 968.